The van der Waals surface area contributed by atoms with Crippen LogP contribution in [0.1, 0.15) is 25.5 Å². The molecule has 0 amide bonds. The quantitative estimate of drug-likeness (QED) is 0.721. The molecule has 1 aliphatic rings. The molecule has 1 unspecified atom stereocenters. The Morgan fingerprint density at radius 2 is 2.04 bits per heavy atom. The first-order valence-corrected chi connectivity index (χ1v) is 8.66. The lowest BCUT2D eigenvalue weighted by Crippen LogP contribution is -2.18. The number of hydrogen-bond donors (Lipinski definition) is 0. The highest BCUT2D eigenvalue weighted by molar-refractivity contribution is 5.62. The van der Waals surface area contributed by atoms with Crippen LogP contribution in [-0.2, 0) is 11.8 Å². The summed E-state index contributed by atoms with van der Waals surface area (Å²) in [6.07, 6.45) is 10.3. The van der Waals surface area contributed by atoms with E-state index in [-0.39, 0.29) is 17.7 Å². The second-order valence-electron chi connectivity index (χ2n) is 6.31. The maximum atomic E-state index is 12.0. The Morgan fingerprint density at radius 3 is 2.81 bits per heavy atom. The molecular formula is C19H20N4O3. The van der Waals surface area contributed by atoms with Crippen molar-refractivity contribution in [2.75, 3.05) is 6.61 Å². The highest BCUT2D eigenvalue weighted by Crippen LogP contribution is 2.27. The predicted molar refractivity (Wildman–Crippen MR) is 96.1 cm³/mol. The summed E-state index contributed by atoms with van der Waals surface area (Å²) in [4.78, 5) is 16.0. The Balaban J connectivity index is 1.50. The van der Waals surface area contributed by atoms with Gasteiger partial charge in [0, 0.05) is 37.8 Å². The van der Waals surface area contributed by atoms with Gasteiger partial charge in [-0.05, 0) is 37.0 Å². The third-order valence-corrected chi connectivity index (χ3v) is 4.44. The second kappa shape index (κ2) is 7.13. The summed E-state index contributed by atoms with van der Waals surface area (Å²) in [5, 5.41) is 4.43. The first-order valence-electron chi connectivity index (χ1n) is 8.66. The van der Waals surface area contributed by atoms with Gasteiger partial charge in [-0.2, -0.15) is 5.10 Å². The van der Waals surface area contributed by atoms with E-state index in [1.54, 1.807) is 13.2 Å². The van der Waals surface area contributed by atoms with Gasteiger partial charge in [0.1, 0.15) is 12.0 Å². The van der Waals surface area contributed by atoms with E-state index in [0.29, 0.717) is 5.75 Å². The zero-order chi connectivity index (χ0) is 17.9. The Morgan fingerprint density at radius 1 is 1.19 bits per heavy atom. The normalized spacial score (nSPS) is 17.2. The molecule has 134 valence electrons. The van der Waals surface area contributed by atoms with Crippen molar-refractivity contribution in [2.24, 2.45) is 7.05 Å². The van der Waals surface area contributed by atoms with Gasteiger partial charge in [-0.15, -0.1) is 0 Å². The summed E-state index contributed by atoms with van der Waals surface area (Å²) in [5.41, 5.74) is 1.76. The molecule has 0 N–H and O–H groups in total. The van der Waals surface area contributed by atoms with Crippen LogP contribution >= 0.6 is 0 Å². The van der Waals surface area contributed by atoms with Gasteiger partial charge in [-0.25, -0.2) is 9.67 Å². The van der Waals surface area contributed by atoms with Gasteiger partial charge in [-0.1, -0.05) is 12.1 Å². The molecule has 3 heterocycles. The standard InChI is InChI=1S/C19H20N4O3/c1-22-10-9-20-18(19(22)24)26-16-7-5-14(6-8-16)15-12-21-23(13-15)17-4-2-3-11-25-17/h5-10,12-13,17H,2-4,11H2,1H3. The van der Waals surface area contributed by atoms with Crippen LogP contribution in [0, 0.1) is 0 Å². The van der Waals surface area contributed by atoms with Crippen LogP contribution in [0.5, 0.6) is 11.6 Å². The molecule has 2 aromatic heterocycles. The SMILES string of the molecule is Cn1ccnc(Oc2ccc(-c3cnn(C4CCCCO4)c3)cc2)c1=O. The van der Waals surface area contributed by atoms with E-state index in [1.807, 2.05) is 41.3 Å². The lowest BCUT2D eigenvalue weighted by Gasteiger charge is -2.22. The van der Waals surface area contributed by atoms with Gasteiger partial charge in [0.2, 0.25) is 0 Å². The van der Waals surface area contributed by atoms with Crippen molar-refractivity contribution in [3.05, 3.63) is 59.4 Å². The fourth-order valence-electron chi connectivity index (χ4n) is 2.95. The average molecular weight is 352 g/mol. The molecule has 3 aromatic rings. The third kappa shape index (κ3) is 3.39. The molecule has 1 atom stereocenters. The predicted octanol–water partition coefficient (Wildman–Crippen LogP) is 3.14. The van der Waals surface area contributed by atoms with Gasteiger partial charge in [-0.3, -0.25) is 4.79 Å². The van der Waals surface area contributed by atoms with Gasteiger partial charge in [0.25, 0.3) is 5.88 Å². The number of benzene rings is 1. The number of nitrogens with zero attached hydrogens (tertiary/aromatic N) is 4. The van der Waals surface area contributed by atoms with Crippen molar-refractivity contribution in [3.8, 4) is 22.8 Å². The molecule has 1 fully saturated rings. The summed E-state index contributed by atoms with van der Waals surface area (Å²) in [7, 11) is 1.66. The molecule has 1 saturated heterocycles. The smallest absolute Gasteiger partial charge is 0.313 e. The van der Waals surface area contributed by atoms with Crippen molar-refractivity contribution in [2.45, 2.75) is 25.5 Å². The molecule has 26 heavy (non-hydrogen) atoms. The van der Waals surface area contributed by atoms with Crippen molar-refractivity contribution in [3.63, 3.8) is 0 Å². The molecule has 4 rings (SSSR count). The third-order valence-electron chi connectivity index (χ3n) is 4.44. The second-order valence-corrected chi connectivity index (χ2v) is 6.31. The zero-order valence-electron chi connectivity index (χ0n) is 14.5. The van der Waals surface area contributed by atoms with Crippen LogP contribution in [-0.4, -0.2) is 25.9 Å². The maximum absolute atomic E-state index is 12.0. The summed E-state index contributed by atoms with van der Waals surface area (Å²) in [6.45, 7) is 0.791. The molecule has 7 heteroatoms. The number of ether oxygens (including phenoxy) is 2. The van der Waals surface area contributed by atoms with Crippen molar-refractivity contribution in [1.82, 2.24) is 19.3 Å². The fraction of sp³-hybridized carbons (Fsp3) is 0.316. The van der Waals surface area contributed by atoms with E-state index in [2.05, 4.69) is 10.1 Å². The highest BCUT2D eigenvalue weighted by Gasteiger charge is 2.16. The largest absolute Gasteiger partial charge is 0.435 e. The Bertz CT molecular complexity index is 940. The van der Waals surface area contributed by atoms with Crippen molar-refractivity contribution in [1.29, 1.82) is 0 Å². The highest BCUT2D eigenvalue weighted by atomic mass is 16.5. The summed E-state index contributed by atoms with van der Waals surface area (Å²) in [5.74, 6) is 0.623. The van der Waals surface area contributed by atoms with E-state index in [4.69, 9.17) is 9.47 Å². The summed E-state index contributed by atoms with van der Waals surface area (Å²) < 4.78 is 14.7. The van der Waals surface area contributed by atoms with Crippen LogP contribution < -0.4 is 10.3 Å². The lowest BCUT2D eigenvalue weighted by atomic mass is 10.1. The fourth-order valence-corrected chi connectivity index (χ4v) is 2.95. The van der Waals surface area contributed by atoms with E-state index in [0.717, 1.165) is 30.6 Å². The Labute approximate surface area is 150 Å². The Hall–Kier alpha value is -2.93. The van der Waals surface area contributed by atoms with Crippen LogP contribution in [0.2, 0.25) is 0 Å². The molecule has 0 spiro atoms. The monoisotopic (exact) mass is 352 g/mol. The average Bonchev–Trinajstić information content (AvgIpc) is 3.17. The van der Waals surface area contributed by atoms with Crippen LogP contribution in [0.15, 0.2) is 53.8 Å². The van der Waals surface area contributed by atoms with Gasteiger partial charge < -0.3 is 14.0 Å². The minimum atomic E-state index is -0.273. The van der Waals surface area contributed by atoms with Gasteiger partial charge >= 0.3 is 5.56 Å². The van der Waals surface area contributed by atoms with Crippen LogP contribution in [0.25, 0.3) is 11.1 Å². The van der Waals surface area contributed by atoms with E-state index in [9.17, 15) is 4.79 Å². The molecule has 1 aromatic carbocycles. The first kappa shape index (κ1) is 16.5. The molecular weight excluding hydrogens is 332 g/mol. The Kier molecular flexibility index (Phi) is 4.53. The first-order chi connectivity index (χ1) is 12.7. The van der Waals surface area contributed by atoms with Gasteiger partial charge in [0.15, 0.2) is 0 Å². The van der Waals surface area contributed by atoms with Crippen molar-refractivity contribution >= 4 is 0 Å². The van der Waals surface area contributed by atoms with Gasteiger partial charge in [0.05, 0.1) is 6.20 Å². The molecule has 0 bridgehead atoms. The molecule has 7 nitrogen and oxygen atoms in total. The number of rotatable bonds is 4. The molecule has 1 aliphatic heterocycles. The van der Waals surface area contributed by atoms with Crippen LogP contribution in [0.3, 0.4) is 0 Å². The molecule has 0 saturated carbocycles. The van der Waals surface area contributed by atoms with E-state index < -0.39 is 0 Å². The van der Waals surface area contributed by atoms with Crippen molar-refractivity contribution < 1.29 is 9.47 Å². The summed E-state index contributed by atoms with van der Waals surface area (Å²) >= 11 is 0. The minimum Gasteiger partial charge on any atom is -0.435 e. The molecule has 0 aliphatic carbocycles. The zero-order valence-corrected chi connectivity index (χ0v) is 14.5. The van der Waals surface area contributed by atoms with E-state index in [1.165, 1.54) is 17.2 Å². The lowest BCUT2D eigenvalue weighted by molar-refractivity contribution is -0.0394. The summed E-state index contributed by atoms with van der Waals surface area (Å²) in [6, 6.07) is 7.51. The number of aryl methyl sites for hydroxylation is 1. The van der Waals surface area contributed by atoms with E-state index >= 15 is 0 Å². The maximum Gasteiger partial charge on any atom is 0.313 e. The number of hydrogen-bond acceptors (Lipinski definition) is 5. The molecule has 0 radical (unpaired) electrons. The topological polar surface area (TPSA) is 71.2 Å². The van der Waals surface area contributed by atoms with Crippen LogP contribution in [0.4, 0.5) is 0 Å². The number of aromatic nitrogens is 4. The minimum absolute atomic E-state index is 0.0282.